The van der Waals surface area contributed by atoms with E-state index in [9.17, 15) is 9.59 Å². The van der Waals surface area contributed by atoms with Crippen LogP contribution in [-0.2, 0) is 19.4 Å². The van der Waals surface area contributed by atoms with E-state index in [0.29, 0.717) is 18.0 Å². The number of nitrogens with zero attached hydrogens (tertiary/aromatic N) is 1. The van der Waals surface area contributed by atoms with Gasteiger partial charge in [0.2, 0.25) is 0 Å². The number of para-hydroxylation sites is 1. The maximum atomic E-state index is 13.4. The summed E-state index contributed by atoms with van der Waals surface area (Å²) < 4.78 is 7.75. The van der Waals surface area contributed by atoms with Crippen LogP contribution in [0.5, 0.6) is 11.5 Å². The summed E-state index contributed by atoms with van der Waals surface area (Å²) in [5.74, 6) is 0.978. The summed E-state index contributed by atoms with van der Waals surface area (Å²) >= 11 is 0. The lowest BCUT2D eigenvalue weighted by atomic mass is 9.95. The van der Waals surface area contributed by atoms with Gasteiger partial charge in [-0.25, -0.2) is 0 Å². The number of hydrogen-bond donors (Lipinski definition) is 1. The first kappa shape index (κ1) is 22.8. The number of anilines is 1. The van der Waals surface area contributed by atoms with E-state index in [1.807, 2.05) is 53.1 Å². The van der Waals surface area contributed by atoms with Crippen LogP contribution in [0.2, 0.25) is 0 Å². The third-order valence-corrected chi connectivity index (χ3v) is 6.15. The summed E-state index contributed by atoms with van der Waals surface area (Å²) in [4.78, 5) is 26.6. The van der Waals surface area contributed by atoms with E-state index >= 15 is 0 Å². The van der Waals surface area contributed by atoms with Gasteiger partial charge in [0.05, 0.1) is 0 Å². The Labute approximate surface area is 195 Å². The number of pyridine rings is 1. The molecular formula is C28H32N2O3. The Morgan fingerprint density at radius 1 is 0.939 bits per heavy atom. The fraction of sp³-hybridized carbons (Fsp3) is 0.357. The van der Waals surface area contributed by atoms with Gasteiger partial charge >= 0.3 is 0 Å². The Hall–Kier alpha value is -3.34. The second kappa shape index (κ2) is 11.0. The minimum Gasteiger partial charge on any atom is -0.457 e. The molecule has 1 heterocycles. The molecule has 2 aromatic carbocycles. The lowest BCUT2D eigenvalue weighted by Crippen LogP contribution is -2.33. The zero-order chi connectivity index (χ0) is 23.0. The minimum atomic E-state index is -0.369. The predicted octanol–water partition coefficient (Wildman–Crippen LogP) is 6.35. The van der Waals surface area contributed by atoms with Crippen molar-refractivity contribution < 1.29 is 9.53 Å². The van der Waals surface area contributed by atoms with Crippen molar-refractivity contribution in [3.05, 3.63) is 87.8 Å². The minimum absolute atomic E-state index is 0.183. The average molecular weight is 445 g/mol. The second-order valence-electron chi connectivity index (χ2n) is 8.65. The van der Waals surface area contributed by atoms with Crippen molar-refractivity contribution in [1.82, 2.24) is 4.57 Å². The quantitative estimate of drug-likeness (QED) is 0.462. The number of nitrogens with one attached hydrogen (secondary N) is 1. The number of benzene rings is 2. The number of carbonyl (C=O) groups excluding carboxylic acids is 1. The van der Waals surface area contributed by atoms with Crippen LogP contribution in [-0.4, -0.2) is 10.5 Å². The molecule has 0 bridgehead atoms. The van der Waals surface area contributed by atoms with Crippen molar-refractivity contribution in [2.24, 2.45) is 0 Å². The molecule has 1 N–H and O–H groups in total. The predicted molar refractivity (Wildman–Crippen MR) is 132 cm³/mol. The molecule has 0 unspecified atom stereocenters. The molecule has 5 heteroatoms. The summed E-state index contributed by atoms with van der Waals surface area (Å²) in [6, 6.07) is 18.6. The molecule has 1 aliphatic rings. The fourth-order valence-corrected chi connectivity index (χ4v) is 4.41. The van der Waals surface area contributed by atoms with Crippen molar-refractivity contribution >= 4 is 11.6 Å². The molecule has 0 atom stereocenters. The number of unbranched alkanes of at least 4 members (excludes halogenated alkanes) is 1. The van der Waals surface area contributed by atoms with Crippen LogP contribution in [0.3, 0.4) is 0 Å². The summed E-state index contributed by atoms with van der Waals surface area (Å²) in [6.07, 6.45) is 8.35. The topological polar surface area (TPSA) is 60.3 Å². The van der Waals surface area contributed by atoms with Crippen LogP contribution in [0.15, 0.2) is 65.5 Å². The summed E-state index contributed by atoms with van der Waals surface area (Å²) in [5.41, 5.74) is 2.91. The zero-order valence-electron chi connectivity index (χ0n) is 19.3. The van der Waals surface area contributed by atoms with Crippen molar-refractivity contribution in [3.63, 3.8) is 0 Å². The van der Waals surface area contributed by atoms with E-state index in [-0.39, 0.29) is 17.0 Å². The highest BCUT2D eigenvalue weighted by Gasteiger charge is 2.20. The highest BCUT2D eigenvalue weighted by Crippen LogP contribution is 2.25. The Balaban J connectivity index is 1.61. The number of rotatable bonds is 7. The molecule has 0 saturated carbocycles. The maximum absolute atomic E-state index is 13.4. The largest absolute Gasteiger partial charge is 0.457 e. The molecule has 0 radical (unpaired) electrons. The average Bonchev–Trinajstić information content (AvgIpc) is 2.80. The van der Waals surface area contributed by atoms with Crippen LogP contribution >= 0.6 is 0 Å². The monoisotopic (exact) mass is 444 g/mol. The van der Waals surface area contributed by atoms with Crippen LogP contribution in [0.25, 0.3) is 0 Å². The Morgan fingerprint density at radius 2 is 1.70 bits per heavy atom. The van der Waals surface area contributed by atoms with Gasteiger partial charge in [0.1, 0.15) is 17.1 Å². The maximum Gasteiger partial charge on any atom is 0.263 e. The number of fused-ring (bicyclic) bond motifs is 1. The van der Waals surface area contributed by atoms with Crippen molar-refractivity contribution in [3.8, 4) is 11.5 Å². The molecule has 3 aromatic rings. The number of ether oxygens (including phenoxy) is 1. The summed E-state index contributed by atoms with van der Waals surface area (Å²) in [6.45, 7) is 2.79. The smallest absolute Gasteiger partial charge is 0.263 e. The van der Waals surface area contributed by atoms with E-state index in [1.54, 1.807) is 12.1 Å². The number of hydrogen-bond acceptors (Lipinski definition) is 3. The first-order valence-electron chi connectivity index (χ1n) is 12.1. The summed E-state index contributed by atoms with van der Waals surface area (Å²) in [5, 5.41) is 2.91. The number of carbonyl (C=O) groups is 1. The Morgan fingerprint density at radius 3 is 2.48 bits per heavy atom. The lowest BCUT2D eigenvalue weighted by Gasteiger charge is -2.21. The highest BCUT2D eigenvalue weighted by molar-refractivity contribution is 6.04. The van der Waals surface area contributed by atoms with Crippen molar-refractivity contribution in [1.29, 1.82) is 0 Å². The van der Waals surface area contributed by atoms with Gasteiger partial charge in [0.15, 0.2) is 0 Å². The van der Waals surface area contributed by atoms with E-state index in [2.05, 4.69) is 12.2 Å². The molecular weight excluding hydrogens is 412 g/mol. The molecule has 4 rings (SSSR count). The molecule has 0 saturated heterocycles. The first-order valence-corrected chi connectivity index (χ1v) is 12.1. The second-order valence-corrected chi connectivity index (χ2v) is 8.65. The molecule has 1 aromatic heterocycles. The number of aromatic nitrogens is 1. The molecule has 0 aliphatic heterocycles. The van der Waals surface area contributed by atoms with Gasteiger partial charge in [-0.2, -0.15) is 0 Å². The molecule has 1 amide bonds. The third-order valence-electron chi connectivity index (χ3n) is 6.15. The van der Waals surface area contributed by atoms with Crippen molar-refractivity contribution in [2.75, 3.05) is 5.32 Å². The van der Waals surface area contributed by atoms with Gasteiger partial charge in [0.25, 0.3) is 11.5 Å². The summed E-state index contributed by atoms with van der Waals surface area (Å²) in [7, 11) is 0. The molecule has 1 aliphatic carbocycles. The van der Waals surface area contributed by atoms with Crippen LogP contribution in [0, 0.1) is 0 Å². The Bertz CT molecular complexity index is 1150. The molecule has 0 spiro atoms. The SMILES string of the molecule is CCCCn1c2c(cc(C(=O)Nc3cccc(Oc4ccccc4)c3)c1=O)CCCCCC2. The van der Waals surface area contributed by atoms with Gasteiger partial charge in [-0.1, -0.05) is 50.5 Å². The van der Waals surface area contributed by atoms with Gasteiger partial charge < -0.3 is 14.6 Å². The van der Waals surface area contributed by atoms with Gasteiger partial charge in [-0.05, 0) is 68.0 Å². The third kappa shape index (κ3) is 5.72. The lowest BCUT2D eigenvalue weighted by molar-refractivity contribution is 0.102. The first-order chi connectivity index (χ1) is 16.2. The van der Waals surface area contributed by atoms with Gasteiger partial charge in [-0.3, -0.25) is 9.59 Å². The standard InChI is InChI=1S/C28H32N2O3/c1-2-3-18-30-26-17-10-5-4-7-12-21(26)19-25(28(30)32)27(31)29-22-13-11-16-24(20-22)33-23-14-8-6-9-15-23/h6,8-9,11,13-16,19-20H,2-5,7,10,12,17-18H2,1H3,(H,29,31). The fourth-order valence-electron chi connectivity index (χ4n) is 4.41. The van der Waals surface area contributed by atoms with Crippen LogP contribution in [0.1, 0.15) is 67.1 Å². The zero-order valence-corrected chi connectivity index (χ0v) is 19.3. The van der Waals surface area contributed by atoms with E-state index < -0.39 is 0 Å². The van der Waals surface area contributed by atoms with Crippen molar-refractivity contribution in [2.45, 2.75) is 64.8 Å². The molecule has 5 nitrogen and oxygen atoms in total. The Kier molecular flexibility index (Phi) is 7.61. The van der Waals surface area contributed by atoms with Crippen LogP contribution < -0.4 is 15.6 Å². The number of amides is 1. The van der Waals surface area contributed by atoms with Crippen LogP contribution in [0.4, 0.5) is 5.69 Å². The molecule has 33 heavy (non-hydrogen) atoms. The number of aryl methyl sites for hydroxylation is 1. The van der Waals surface area contributed by atoms with E-state index in [0.717, 1.165) is 55.5 Å². The van der Waals surface area contributed by atoms with Gasteiger partial charge in [0, 0.05) is 24.0 Å². The highest BCUT2D eigenvalue weighted by atomic mass is 16.5. The van der Waals surface area contributed by atoms with E-state index in [1.165, 1.54) is 12.8 Å². The normalized spacial score (nSPS) is 13.5. The van der Waals surface area contributed by atoms with E-state index in [4.69, 9.17) is 4.74 Å². The molecule has 0 fully saturated rings. The molecule has 172 valence electrons. The van der Waals surface area contributed by atoms with Gasteiger partial charge in [-0.15, -0.1) is 0 Å².